The molecule has 1 aromatic rings. The van der Waals surface area contributed by atoms with Gasteiger partial charge in [0, 0.05) is 18.7 Å². The summed E-state index contributed by atoms with van der Waals surface area (Å²) in [7, 11) is 0. The fourth-order valence-corrected chi connectivity index (χ4v) is 2.93. The molecule has 2 N–H and O–H groups in total. The van der Waals surface area contributed by atoms with E-state index in [1.54, 1.807) is 11.0 Å². The summed E-state index contributed by atoms with van der Waals surface area (Å²) in [5.74, 6) is 0.687. The Balaban J connectivity index is 1.69. The maximum absolute atomic E-state index is 12.4. The largest absolute Gasteiger partial charge is 0.454 e. The Kier molecular flexibility index (Phi) is 4.23. The number of hydrogen-bond acceptors (Lipinski definition) is 4. The van der Waals surface area contributed by atoms with Crippen LogP contribution in [0.4, 0.5) is 0 Å². The second-order valence-corrected chi connectivity index (χ2v) is 5.96. The number of primary amides is 1. The van der Waals surface area contributed by atoms with Crippen LogP contribution in [0.5, 0.6) is 11.5 Å². The highest BCUT2D eigenvalue weighted by Gasteiger charge is 2.30. The van der Waals surface area contributed by atoms with E-state index in [2.05, 4.69) is 0 Å². The van der Waals surface area contributed by atoms with E-state index in [0.717, 1.165) is 18.4 Å². The van der Waals surface area contributed by atoms with Gasteiger partial charge < -0.3 is 20.1 Å². The fourth-order valence-electron chi connectivity index (χ4n) is 2.93. The molecule has 0 aliphatic carbocycles. The number of hydrogen-bond donors (Lipinski definition) is 1. The van der Waals surface area contributed by atoms with E-state index in [9.17, 15) is 9.59 Å². The minimum absolute atomic E-state index is 0.110. The van der Waals surface area contributed by atoms with Gasteiger partial charge in [0.2, 0.25) is 18.6 Å². The number of ether oxygens (including phenoxy) is 2. The lowest BCUT2D eigenvalue weighted by Gasteiger charge is -2.36. The van der Waals surface area contributed by atoms with E-state index in [4.69, 9.17) is 15.2 Å². The maximum atomic E-state index is 12.4. The smallest absolute Gasteiger partial charge is 0.246 e. The number of likely N-dealkylation sites (tertiary alicyclic amines) is 1. The van der Waals surface area contributed by atoms with Crippen molar-refractivity contribution in [1.29, 1.82) is 0 Å². The first-order chi connectivity index (χ1) is 11.0. The van der Waals surface area contributed by atoms with Crippen LogP contribution in [0.25, 0.3) is 6.08 Å². The zero-order valence-electron chi connectivity index (χ0n) is 13.0. The zero-order valence-corrected chi connectivity index (χ0v) is 13.0. The van der Waals surface area contributed by atoms with Crippen LogP contribution in [0.2, 0.25) is 0 Å². The number of nitrogens with two attached hydrogens (primary N) is 1. The molecular weight excluding hydrogens is 296 g/mol. The Morgan fingerprint density at radius 3 is 2.83 bits per heavy atom. The lowest BCUT2D eigenvalue weighted by Crippen LogP contribution is -2.48. The van der Waals surface area contributed by atoms with Crippen LogP contribution in [0, 0.1) is 5.92 Å². The third-order valence-corrected chi connectivity index (χ3v) is 4.38. The summed E-state index contributed by atoms with van der Waals surface area (Å²) in [6.07, 6.45) is 4.80. The van der Waals surface area contributed by atoms with E-state index < -0.39 is 0 Å². The van der Waals surface area contributed by atoms with Crippen LogP contribution in [-0.2, 0) is 9.59 Å². The van der Waals surface area contributed by atoms with Crippen molar-refractivity contribution in [2.24, 2.45) is 11.7 Å². The molecule has 0 spiro atoms. The molecule has 0 radical (unpaired) electrons. The van der Waals surface area contributed by atoms with Gasteiger partial charge in [0.15, 0.2) is 11.5 Å². The molecule has 0 saturated carbocycles. The van der Waals surface area contributed by atoms with Gasteiger partial charge in [-0.3, -0.25) is 9.59 Å². The number of benzene rings is 1. The quantitative estimate of drug-likeness (QED) is 0.858. The lowest BCUT2D eigenvalue weighted by atomic mass is 9.93. The molecule has 23 heavy (non-hydrogen) atoms. The van der Waals surface area contributed by atoms with Crippen LogP contribution >= 0.6 is 0 Å². The number of piperidine rings is 1. The summed E-state index contributed by atoms with van der Waals surface area (Å²) in [6, 6.07) is 5.62. The van der Waals surface area contributed by atoms with E-state index in [-0.39, 0.29) is 30.6 Å². The van der Waals surface area contributed by atoms with Crippen molar-refractivity contribution in [3.63, 3.8) is 0 Å². The maximum Gasteiger partial charge on any atom is 0.246 e. The summed E-state index contributed by atoms with van der Waals surface area (Å²) >= 11 is 0. The Morgan fingerprint density at radius 2 is 2.04 bits per heavy atom. The molecule has 2 aliphatic rings. The molecule has 3 rings (SSSR count). The highest BCUT2D eigenvalue weighted by molar-refractivity contribution is 5.92. The number of amides is 2. The molecule has 2 aliphatic heterocycles. The molecule has 2 atom stereocenters. The summed E-state index contributed by atoms with van der Waals surface area (Å²) in [4.78, 5) is 25.5. The molecule has 1 saturated heterocycles. The first-order valence-electron chi connectivity index (χ1n) is 7.72. The SMILES string of the molecule is C[C@@H]1CC[C@H](C(N)=O)CN1C(=O)/C=C/c1ccc2c(c1)OCO2. The number of nitrogens with zero attached hydrogens (tertiary/aromatic N) is 1. The van der Waals surface area contributed by atoms with E-state index in [0.29, 0.717) is 18.0 Å². The summed E-state index contributed by atoms with van der Waals surface area (Å²) in [6.45, 7) is 2.60. The number of rotatable bonds is 3. The third kappa shape index (κ3) is 3.31. The van der Waals surface area contributed by atoms with Crippen molar-refractivity contribution in [2.75, 3.05) is 13.3 Å². The van der Waals surface area contributed by atoms with Crippen LogP contribution in [0.3, 0.4) is 0 Å². The molecular formula is C17H20N2O4. The van der Waals surface area contributed by atoms with Gasteiger partial charge in [-0.2, -0.15) is 0 Å². The first-order valence-corrected chi connectivity index (χ1v) is 7.72. The van der Waals surface area contributed by atoms with Crippen LogP contribution in [0.15, 0.2) is 24.3 Å². The molecule has 2 amide bonds. The van der Waals surface area contributed by atoms with Gasteiger partial charge in [-0.1, -0.05) is 6.07 Å². The van der Waals surface area contributed by atoms with Crippen LogP contribution in [-0.4, -0.2) is 36.1 Å². The minimum Gasteiger partial charge on any atom is -0.454 e. The van der Waals surface area contributed by atoms with Gasteiger partial charge in [-0.25, -0.2) is 0 Å². The molecule has 0 aromatic heterocycles. The number of fused-ring (bicyclic) bond motifs is 1. The Morgan fingerprint density at radius 1 is 1.26 bits per heavy atom. The Hall–Kier alpha value is -2.50. The fraction of sp³-hybridized carbons (Fsp3) is 0.412. The predicted molar refractivity (Wildman–Crippen MR) is 84.7 cm³/mol. The van der Waals surface area contributed by atoms with Crippen molar-refractivity contribution in [3.8, 4) is 11.5 Å². The second-order valence-electron chi connectivity index (χ2n) is 5.96. The summed E-state index contributed by atoms with van der Waals surface area (Å²) in [5.41, 5.74) is 6.23. The van der Waals surface area contributed by atoms with Gasteiger partial charge in [0.1, 0.15) is 0 Å². The molecule has 1 fully saturated rings. The second kappa shape index (κ2) is 6.32. The number of carbonyl (C=O) groups is 2. The molecule has 0 bridgehead atoms. The van der Waals surface area contributed by atoms with Gasteiger partial charge in [0.25, 0.3) is 0 Å². The monoisotopic (exact) mass is 316 g/mol. The van der Waals surface area contributed by atoms with Gasteiger partial charge in [-0.15, -0.1) is 0 Å². The van der Waals surface area contributed by atoms with Crippen molar-refractivity contribution >= 4 is 17.9 Å². The highest BCUT2D eigenvalue weighted by Crippen LogP contribution is 2.32. The first kappa shape index (κ1) is 15.4. The average molecular weight is 316 g/mol. The molecule has 1 aromatic carbocycles. The normalized spacial score (nSPS) is 23.3. The van der Waals surface area contributed by atoms with Crippen molar-refractivity contribution < 1.29 is 19.1 Å². The summed E-state index contributed by atoms with van der Waals surface area (Å²) in [5, 5.41) is 0. The van der Waals surface area contributed by atoms with Crippen LogP contribution in [0.1, 0.15) is 25.3 Å². The van der Waals surface area contributed by atoms with Gasteiger partial charge >= 0.3 is 0 Å². The number of carbonyl (C=O) groups excluding carboxylic acids is 2. The minimum atomic E-state index is -0.338. The standard InChI is InChI=1S/C17H20N2O4/c1-11-2-5-13(17(18)21)9-19(11)16(20)7-4-12-3-6-14-15(8-12)23-10-22-14/h3-4,6-8,11,13H,2,5,9-10H2,1H3,(H2,18,21)/b7-4+/t11-,13+/m1/s1. The topological polar surface area (TPSA) is 81.9 Å². The van der Waals surface area contributed by atoms with Crippen molar-refractivity contribution in [2.45, 2.75) is 25.8 Å². The van der Waals surface area contributed by atoms with Gasteiger partial charge in [-0.05, 0) is 43.5 Å². The van der Waals surface area contributed by atoms with Crippen LogP contribution < -0.4 is 15.2 Å². The highest BCUT2D eigenvalue weighted by atomic mass is 16.7. The van der Waals surface area contributed by atoms with Crippen molar-refractivity contribution in [1.82, 2.24) is 4.90 Å². The average Bonchev–Trinajstić information content (AvgIpc) is 3.00. The van der Waals surface area contributed by atoms with E-state index >= 15 is 0 Å². The molecule has 2 heterocycles. The molecule has 6 nitrogen and oxygen atoms in total. The Bertz CT molecular complexity index is 656. The van der Waals surface area contributed by atoms with Crippen molar-refractivity contribution in [3.05, 3.63) is 29.8 Å². The molecule has 6 heteroatoms. The zero-order chi connectivity index (χ0) is 16.4. The molecule has 0 unspecified atom stereocenters. The van der Waals surface area contributed by atoms with E-state index in [1.165, 1.54) is 6.08 Å². The predicted octanol–water partition coefficient (Wildman–Crippen LogP) is 1.54. The Labute approximate surface area is 134 Å². The van der Waals surface area contributed by atoms with Gasteiger partial charge in [0.05, 0.1) is 5.92 Å². The van der Waals surface area contributed by atoms with E-state index in [1.807, 2.05) is 25.1 Å². The third-order valence-electron chi connectivity index (χ3n) is 4.38. The summed E-state index contributed by atoms with van der Waals surface area (Å²) < 4.78 is 10.6. The molecule has 122 valence electrons. The lowest BCUT2D eigenvalue weighted by molar-refractivity contribution is -0.133.